The first-order valence-corrected chi connectivity index (χ1v) is 10.3. The minimum absolute atomic E-state index is 0.0526. The molecule has 2 saturated heterocycles. The van der Waals surface area contributed by atoms with Crippen LogP contribution in [0.1, 0.15) is 29.9 Å². The summed E-state index contributed by atoms with van der Waals surface area (Å²) >= 11 is 0. The fraction of sp³-hybridized carbons (Fsp3) is 0.435. The molecule has 30 heavy (non-hydrogen) atoms. The van der Waals surface area contributed by atoms with E-state index in [0.717, 1.165) is 5.56 Å². The standard InChI is InChI=1S/C23H25F3N2O2/c24-18-5-1-16(2-6-18)9-12-27-14-11-21(22(27)30)28-13-10-20(23(25,26)15-28)17-3-7-19(29)8-4-17/h1-8,20-21,29H,9-15H2/t20-,21-/m0/s1. The molecule has 1 N–H and O–H groups in total. The van der Waals surface area contributed by atoms with E-state index in [0.29, 0.717) is 38.0 Å². The Labute approximate surface area is 173 Å². The lowest BCUT2D eigenvalue weighted by Gasteiger charge is -2.40. The van der Waals surface area contributed by atoms with Crippen LogP contribution < -0.4 is 0 Å². The van der Waals surface area contributed by atoms with E-state index in [1.165, 1.54) is 24.3 Å². The van der Waals surface area contributed by atoms with Crippen LogP contribution in [0.3, 0.4) is 0 Å². The number of phenols is 1. The first-order valence-electron chi connectivity index (χ1n) is 10.3. The summed E-state index contributed by atoms with van der Waals surface area (Å²) < 4.78 is 42.9. The van der Waals surface area contributed by atoms with Crippen LogP contribution in [-0.2, 0) is 11.2 Å². The van der Waals surface area contributed by atoms with Crippen molar-refractivity contribution in [3.63, 3.8) is 0 Å². The molecule has 2 aromatic carbocycles. The summed E-state index contributed by atoms with van der Waals surface area (Å²) in [5.41, 5.74) is 1.45. The summed E-state index contributed by atoms with van der Waals surface area (Å²) in [6.07, 6.45) is 1.41. The largest absolute Gasteiger partial charge is 0.508 e. The maximum absolute atomic E-state index is 14.9. The normalized spacial score (nSPS) is 24.4. The van der Waals surface area contributed by atoms with Crippen LogP contribution in [0.4, 0.5) is 13.2 Å². The molecule has 0 aromatic heterocycles. The summed E-state index contributed by atoms with van der Waals surface area (Å²) in [4.78, 5) is 16.2. The molecule has 4 rings (SSSR count). The van der Waals surface area contributed by atoms with Crippen LogP contribution >= 0.6 is 0 Å². The van der Waals surface area contributed by atoms with Gasteiger partial charge < -0.3 is 10.0 Å². The lowest BCUT2D eigenvalue weighted by molar-refractivity contribution is -0.137. The van der Waals surface area contributed by atoms with Crippen molar-refractivity contribution >= 4 is 5.91 Å². The van der Waals surface area contributed by atoms with Crippen molar-refractivity contribution in [2.75, 3.05) is 26.2 Å². The predicted octanol–water partition coefficient (Wildman–Crippen LogP) is 3.80. The molecule has 2 aliphatic rings. The lowest BCUT2D eigenvalue weighted by Crippen LogP contribution is -2.53. The number of benzene rings is 2. The van der Waals surface area contributed by atoms with Gasteiger partial charge in [0.15, 0.2) is 0 Å². The Morgan fingerprint density at radius 2 is 1.70 bits per heavy atom. The number of hydrogen-bond acceptors (Lipinski definition) is 3. The van der Waals surface area contributed by atoms with Gasteiger partial charge in [0.1, 0.15) is 11.6 Å². The summed E-state index contributed by atoms with van der Waals surface area (Å²) in [7, 11) is 0. The maximum atomic E-state index is 14.9. The van der Waals surface area contributed by atoms with Crippen molar-refractivity contribution in [3.05, 3.63) is 65.5 Å². The van der Waals surface area contributed by atoms with E-state index in [1.807, 2.05) is 0 Å². The quantitative estimate of drug-likeness (QED) is 0.803. The third-order valence-corrected chi connectivity index (χ3v) is 6.22. The van der Waals surface area contributed by atoms with Crippen LogP contribution in [0.2, 0.25) is 0 Å². The molecule has 2 aromatic rings. The van der Waals surface area contributed by atoms with Gasteiger partial charge in [-0.15, -0.1) is 0 Å². The fourth-order valence-electron chi connectivity index (χ4n) is 4.55. The Hall–Kier alpha value is -2.54. The second-order valence-electron chi connectivity index (χ2n) is 8.17. The fourth-order valence-corrected chi connectivity index (χ4v) is 4.55. The Morgan fingerprint density at radius 3 is 2.37 bits per heavy atom. The van der Waals surface area contributed by atoms with E-state index in [-0.39, 0.29) is 23.9 Å². The number of aromatic hydroxyl groups is 1. The van der Waals surface area contributed by atoms with Crippen LogP contribution in [0.15, 0.2) is 48.5 Å². The molecule has 7 heteroatoms. The molecule has 4 nitrogen and oxygen atoms in total. The van der Waals surface area contributed by atoms with E-state index in [4.69, 9.17) is 0 Å². The first kappa shape index (κ1) is 20.7. The highest BCUT2D eigenvalue weighted by atomic mass is 19.3. The Balaban J connectivity index is 1.36. The van der Waals surface area contributed by atoms with E-state index in [2.05, 4.69) is 0 Å². The van der Waals surface area contributed by atoms with Gasteiger partial charge in [-0.05, 0) is 61.2 Å². The van der Waals surface area contributed by atoms with Crippen molar-refractivity contribution in [2.24, 2.45) is 0 Å². The minimum Gasteiger partial charge on any atom is -0.508 e. The SMILES string of the molecule is O=C1[C@@H](N2CC[C@@H](c3ccc(O)cc3)C(F)(F)C2)CCN1CCc1ccc(F)cc1. The number of halogens is 3. The first-order chi connectivity index (χ1) is 14.3. The number of amides is 1. The number of phenolic OH excluding ortho intramolecular Hbond substituents is 1. The predicted molar refractivity (Wildman–Crippen MR) is 107 cm³/mol. The number of likely N-dealkylation sites (tertiary alicyclic amines) is 2. The average molecular weight is 418 g/mol. The highest BCUT2D eigenvalue weighted by Gasteiger charge is 2.49. The summed E-state index contributed by atoms with van der Waals surface area (Å²) in [6.45, 7) is 1.04. The second-order valence-corrected chi connectivity index (χ2v) is 8.17. The molecule has 160 valence electrons. The van der Waals surface area contributed by atoms with Crippen molar-refractivity contribution < 1.29 is 23.1 Å². The Kier molecular flexibility index (Phi) is 5.73. The summed E-state index contributed by atoms with van der Waals surface area (Å²) in [5, 5.41) is 9.40. The zero-order valence-corrected chi connectivity index (χ0v) is 16.6. The lowest BCUT2D eigenvalue weighted by atomic mass is 9.85. The Morgan fingerprint density at radius 1 is 1.00 bits per heavy atom. The molecule has 2 fully saturated rings. The number of carbonyl (C=O) groups is 1. The van der Waals surface area contributed by atoms with Crippen LogP contribution in [-0.4, -0.2) is 59.0 Å². The summed E-state index contributed by atoms with van der Waals surface area (Å²) in [6, 6.07) is 11.6. The van der Waals surface area contributed by atoms with Crippen LogP contribution in [0, 0.1) is 5.82 Å². The third-order valence-electron chi connectivity index (χ3n) is 6.22. The van der Waals surface area contributed by atoms with Gasteiger partial charge in [-0.2, -0.15) is 0 Å². The van der Waals surface area contributed by atoms with Crippen LogP contribution in [0.25, 0.3) is 0 Å². The van der Waals surface area contributed by atoms with E-state index in [1.54, 1.807) is 34.1 Å². The van der Waals surface area contributed by atoms with Crippen molar-refractivity contribution in [2.45, 2.75) is 37.1 Å². The topological polar surface area (TPSA) is 43.8 Å². The molecule has 0 spiro atoms. The van der Waals surface area contributed by atoms with Crippen molar-refractivity contribution in [1.82, 2.24) is 9.80 Å². The van der Waals surface area contributed by atoms with Gasteiger partial charge in [-0.1, -0.05) is 24.3 Å². The number of hydrogen-bond donors (Lipinski definition) is 1. The molecule has 0 unspecified atom stereocenters. The number of rotatable bonds is 5. The molecule has 0 aliphatic carbocycles. The van der Waals surface area contributed by atoms with Gasteiger partial charge >= 0.3 is 0 Å². The average Bonchev–Trinajstić information content (AvgIpc) is 3.08. The Bertz CT molecular complexity index is 886. The number of piperidine rings is 1. The van der Waals surface area contributed by atoms with Crippen molar-refractivity contribution in [3.8, 4) is 5.75 Å². The van der Waals surface area contributed by atoms with Gasteiger partial charge in [0.2, 0.25) is 5.91 Å². The van der Waals surface area contributed by atoms with E-state index < -0.39 is 24.4 Å². The van der Waals surface area contributed by atoms with Gasteiger partial charge in [0.05, 0.1) is 18.5 Å². The zero-order valence-electron chi connectivity index (χ0n) is 16.6. The molecule has 1 amide bonds. The van der Waals surface area contributed by atoms with Crippen molar-refractivity contribution in [1.29, 1.82) is 0 Å². The third kappa shape index (κ3) is 4.31. The minimum atomic E-state index is -2.95. The molecular formula is C23H25F3N2O2. The molecule has 2 heterocycles. The zero-order chi connectivity index (χ0) is 21.3. The smallest absolute Gasteiger partial charge is 0.267 e. The maximum Gasteiger partial charge on any atom is 0.267 e. The number of alkyl halides is 2. The number of carbonyl (C=O) groups excluding carboxylic acids is 1. The molecule has 0 radical (unpaired) electrons. The number of nitrogens with zero attached hydrogens (tertiary/aromatic N) is 2. The van der Waals surface area contributed by atoms with Gasteiger partial charge in [-0.25, -0.2) is 13.2 Å². The highest BCUT2D eigenvalue weighted by molar-refractivity contribution is 5.84. The van der Waals surface area contributed by atoms with E-state index in [9.17, 15) is 23.1 Å². The van der Waals surface area contributed by atoms with Gasteiger partial charge in [0.25, 0.3) is 5.92 Å². The molecule has 0 bridgehead atoms. The molecule has 0 saturated carbocycles. The highest BCUT2D eigenvalue weighted by Crippen LogP contribution is 2.41. The monoisotopic (exact) mass is 418 g/mol. The van der Waals surface area contributed by atoms with Gasteiger partial charge in [0, 0.05) is 13.1 Å². The molecule has 2 aliphatic heterocycles. The van der Waals surface area contributed by atoms with E-state index >= 15 is 0 Å². The van der Waals surface area contributed by atoms with Gasteiger partial charge in [-0.3, -0.25) is 9.69 Å². The molecular weight excluding hydrogens is 393 g/mol. The summed E-state index contributed by atoms with van der Waals surface area (Å²) in [5.74, 6) is -4.21. The van der Waals surface area contributed by atoms with Crippen LogP contribution in [0.5, 0.6) is 5.75 Å². The molecule has 2 atom stereocenters. The second kappa shape index (κ2) is 8.30.